The fraction of sp³-hybridized carbons (Fsp3) is 0.290. The van der Waals surface area contributed by atoms with Crippen LogP contribution in [-0.4, -0.2) is 45.5 Å². The van der Waals surface area contributed by atoms with Gasteiger partial charge >= 0.3 is 237 Å². The topological polar surface area (TPSA) is 73.3 Å². The second kappa shape index (κ2) is 11.6. The summed E-state index contributed by atoms with van der Waals surface area (Å²) >= 11 is 0.0632. The van der Waals surface area contributed by atoms with Gasteiger partial charge in [-0.2, -0.15) is 0 Å². The fourth-order valence-electron chi connectivity index (χ4n) is 5.46. The van der Waals surface area contributed by atoms with Gasteiger partial charge in [0.2, 0.25) is 0 Å². The maximum atomic E-state index is 12.8. The number of hydrogen-bond acceptors (Lipinski definition) is 4. The van der Waals surface area contributed by atoms with Crippen molar-refractivity contribution in [2.75, 3.05) is 6.61 Å². The van der Waals surface area contributed by atoms with Gasteiger partial charge in [-0.3, -0.25) is 0 Å². The third kappa shape index (κ3) is 5.81. The minimum absolute atomic E-state index is 0.0632. The van der Waals surface area contributed by atoms with E-state index in [1.54, 1.807) is 6.20 Å². The van der Waals surface area contributed by atoms with Crippen LogP contribution < -0.4 is 26.1 Å². The summed E-state index contributed by atoms with van der Waals surface area (Å²) in [5.41, 5.74) is -0.860. The zero-order valence-corrected chi connectivity index (χ0v) is 25.2. The normalized spacial score (nSPS) is 19.7. The first-order valence-electron chi connectivity index (χ1n) is 13.2. The van der Waals surface area contributed by atoms with Gasteiger partial charge in [-0.25, -0.2) is 0 Å². The molecule has 1 aliphatic rings. The Morgan fingerprint density at radius 3 is 2.00 bits per heavy atom. The van der Waals surface area contributed by atoms with E-state index in [4.69, 9.17) is 9.16 Å². The SMILES string of the molecule is CC(C)(C)[Si](OC[C@@H]1C[C@@H]([Se]c2ccccc2)[C@@H](n2ccc(=O)[nH]c2=O)O1)(c1ccccc1)c1ccccc1. The molecule has 0 radical (unpaired) electrons. The standard InChI is InChI=1S/C31H34N2O4SeSi/c1-31(2,3)39(25-15-9-5-10-16-25,26-17-11-6-12-18-26)36-22-23-21-27(38-24-13-7-4-8-14-24)29(37-23)33-20-19-28(34)32-30(33)35/h4-20,23,27,29H,21-22H2,1-3H3,(H,32,34,35)/t23-,27+,29-/m0/s1. The van der Waals surface area contributed by atoms with Gasteiger partial charge in [-0.15, -0.1) is 0 Å². The van der Waals surface area contributed by atoms with Crippen LogP contribution in [0.2, 0.25) is 9.85 Å². The van der Waals surface area contributed by atoms with Crippen molar-refractivity contribution >= 4 is 38.1 Å². The molecule has 3 aromatic carbocycles. The number of ether oxygens (including phenoxy) is 1. The summed E-state index contributed by atoms with van der Waals surface area (Å²) in [6.07, 6.45) is 1.66. The molecule has 6 nitrogen and oxygen atoms in total. The van der Waals surface area contributed by atoms with E-state index in [2.05, 4.69) is 86.4 Å². The van der Waals surface area contributed by atoms with Crippen molar-refractivity contribution in [2.45, 2.75) is 49.4 Å². The van der Waals surface area contributed by atoms with Crippen LogP contribution in [0, 0.1) is 0 Å². The van der Waals surface area contributed by atoms with E-state index in [0.29, 0.717) is 6.61 Å². The van der Waals surface area contributed by atoms with Crippen molar-refractivity contribution in [3.05, 3.63) is 124 Å². The molecular weight excluding hydrogens is 571 g/mol. The molecule has 1 aromatic heterocycles. The molecular formula is C31H34N2O4SeSi. The van der Waals surface area contributed by atoms with E-state index < -0.39 is 25.8 Å². The monoisotopic (exact) mass is 606 g/mol. The molecule has 2 heterocycles. The number of benzene rings is 3. The van der Waals surface area contributed by atoms with Crippen molar-refractivity contribution in [1.29, 1.82) is 0 Å². The van der Waals surface area contributed by atoms with Crippen molar-refractivity contribution in [3.63, 3.8) is 0 Å². The van der Waals surface area contributed by atoms with Crippen LogP contribution in [0.5, 0.6) is 0 Å². The molecule has 0 bridgehead atoms. The van der Waals surface area contributed by atoms with Crippen molar-refractivity contribution in [2.24, 2.45) is 0 Å². The van der Waals surface area contributed by atoms with Crippen molar-refractivity contribution in [1.82, 2.24) is 9.55 Å². The molecule has 0 saturated carbocycles. The Morgan fingerprint density at radius 1 is 0.897 bits per heavy atom. The molecule has 202 valence electrons. The summed E-state index contributed by atoms with van der Waals surface area (Å²) in [6, 6.07) is 32.9. The first kappa shape index (κ1) is 27.6. The molecule has 0 amide bonds. The van der Waals surface area contributed by atoms with Gasteiger partial charge in [0.25, 0.3) is 0 Å². The molecule has 1 aliphatic heterocycles. The quantitative estimate of drug-likeness (QED) is 0.313. The molecule has 4 aromatic rings. The molecule has 0 spiro atoms. The number of rotatable bonds is 8. The average Bonchev–Trinajstić information content (AvgIpc) is 3.32. The van der Waals surface area contributed by atoms with Gasteiger partial charge in [-0.1, -0.05) is 0 Å². The summed E-state index contributed by atoms with van der Waals surface area (Å²) in [7, 11) is -2.72. The van der Waals surface area contributed by atoms with Crippen LogP contribution in [0.1, 0.15) is 33.4 Å². The number of aromatic amines is 1. The van der Waals surface area contributed by atoms with E-state index in [1.165, 1.54) is 25.5 Å². The predicted molar refractivity (Wildman–Crippen MR) is 159 cm³/mol. The second-order valence-corrected chi connectivity index (χ2v) is 17.9. The summed E-state index contributed by atoms with van der Waals surface area (Å²) in [5, 5.41) is 2.30. The van der Waals surface area contributed by atoms with E-state index in [-0.39, 0.29) is 30.9 Å². The number of H-pyrrole nitrogens is 1. The van der Waals surface area contributed by atoms with Crippen LogP contribution in [0.3, 0.4) is 0 Å². The Morgan fingerprint density at radius 2 is 1.46 bits per heavy atom. The van der Waals surface area contributed by atoms with Gasteiger partial charge in [0.15, 0.2) is 0 Å². The van der Waals surface area contributed by atoms with Gasteiger partial charge in [0.1, 0.15) is 0 Å². The average molecular weight is 606 g/mol. The summed E-state index contributed by atoms with van der Waals surface area (Å²) in [6.45, 7) is 7.21. The summed E-state index contributed by atoms with van der Waals surface area (Å²) < 4.78 is 16.5. The van der Waals surface area contributed by atoms with Crippen LogP contribution in [-0.2, 0) is 9.16 Å². The molecule has 5 rings (SSSR count). The van der Waals surface area contributed by atoms with E-state index >= 15 is 0 Å². The molecule has 1 saturated heterocycles. The zero-order chi connectivity index (χ0) is 27.5. The number of nitrogens with one attached hydrogen (secondary N) is 1. The van der Waals surface area contributed by atoms with Crippen LogP contribution in [0.4, 0.5) is 0 Å². The Bertz CT molecular complexity index is 1450. The third-order valence-electron chi connectivity index (χ3n) is 7.20. The Labute approximate surface area is 236 Å². The van der Waals surface area contributed by atoms with Gasteiger partial charge < -0.3 is 0 Å². The molecule has 8 heteroatoms. The van der Waals surface area contributed by atoms with Gasteiger partial charge in [0, 0.05) is 0 Å². The van der Waals surface area contributed by atoms with Gasteiger partial charge in [0.05, 0.1) is 0 Å². The maximum absolute atomic E-state index is 12.8. The van der Waals surface area contributed by atoms with Crippen LogP contribution >= 0.6 is 0 Å². The molecule has 1 N–H and O–H groups in total. The first-order valence-corrected chi connectivity index (χ1v) is 17.0. The first-order chi connectivity index (χ1) is 18.8. The molecule has 3 atom stereocenters. The number of aromatic nitrogens is 2. The summed E-state index contributed by atoms with van der Waals surface area (Å²) in [5.74, 6) is 0. The van der Waals surface area contributed by atoms with Crippen LogP contribution in [0.15, 0.2) is 113 Å². The minimum atomic E-state index is -2.72. The molecule has 0 aliphatic carbocycles. The van der Waals surface area contributed by atoms with Gasteiger partial charge in [-0.05, 0) is 0 Å². The predicted octanol–water partition coefficient (Wildman–Crippen LogP) is 3.22. The Kier molecular flexibility index (Phi) is 8.21. The van der Waals surface area contributed by atoms with E-state index in [0.717, 1.165) is 6.42 Å². The zero-order valence-electron chi connectivity index (χ0n) is 22.4. The molecule has 39 heavy (non-hydrogen) atoms. The second-order valence-electron chi connectivity index (χ2n) is 10.8. The number of nitrogens with zero attached hydrogens (tertiary/aromatic N) is 1. The fourth-order valence-corrected chi connectivity index (χ4v) is 12.7. The van der Waals surface area contributed by atoms with E-state index in [9.17, 15) is 9.59 Å². The Hall–Kier alpha value is -3.00. The third-order valence-corrected chi connectivity index (χ3v) is 14.9. The van der Waals surface area contributed by atoms with Crippen LogP contribution in [0.25, 0.3) is 0 Å². The number of hydrogen-bond donors (Lipinski definition) is 1. The van der Waals surface area contributed by atoms with Crippen molar-refractivity contribution < 1.29 is 9.16 Å². The summed E-state index contributed by atoms with van der Waals surface area (Å²) in [4.78, 5) is 27.0. The molecule has 0 unspecified atom stereocenters. The molecule has 1 fully saturated rings. The van der Waals surface area contributed by atoms with E-state index in [1.807, 2.05) is 30.3 Å². The van der Waals surface area contributed by atoms with Crippen molar-refractivity contribution in [3.8, 4) is 0 Å². The Balaban J connectivity index is 1.48.